The molecule has 0 saturated carbocycles. The molecule has 1 fully saturated rings. The van der Waals surface area contributed by atoms with Crippen LogP contribution in [0.3, 0.4) is 0 Å². The summed E-state index contributed by atoms with van der Waals surface area (Å²) in [7, 11) is -8.65. The van der Waals surface area contributed by atoms with E-state index in [4.69, 9.17) is 35.0 Å². The van der Waals surface area contributed by atoms with Gasteiger partial charge in [0.15, 0.2) is 18.0 Å². The molecule has 0 aliphatic carbocycles. The number of fused-ring (bicyclic) bond motifs is 3. The van der Waals surface area contributed by atoms with E-state index in [1.807, 2.05) is 84.9 Å². The van der Waals surface area contributed by atoms with Gasteiger partial charge in [-0.15, -0.1) is 0 Å². The van der Waals surface area contributed by atoms with Gasteiger partial charge in [0.2, 0.25) is 23.3 Å². The molecule has 81 heavy (non-hydrogen) atoms. The SMILES string of the molecule is CCCCN1C(=O)C(=CC=CC=C2Oc3ccc(S(=O)(=O)O)cc3N2CC)C(=O)N(CC(=O)NCCOCCOCC[n+]2c(C=C(C=C3Oc4ccc(Cl)cc4N3CCCS(=O)(=O)O)CC)oc3ccc(-c4ccccc4)cc32)C1=O. The molecule has 0 spiro atoms. The number of imide groups is 2. The highest BCUT2D eigenvalue weighted by molar-refractivity contribution is 7.86. The third kappa shape index (κ3) is 14.8. The number of ether oxygens (including phenoxy) is 4. The highest BCUT2D eigenvalue weighted by atomic mass is 35.5. The maximum absolute atomic E-state index is 13.7. The van der Waals surface area contributed by atoms with Gasteiger partial charge in [-0.3, -0.25) is 28.4 Å². The van der Waals surface area contributed by atoms with Gasteiger partial charge < -0.3 is 38.5 Å². The lowest BCUT2D eigenvalue weighted by atomic mass is 10.1. The monoisotopic (exact) mass is 1170 g/mol. The van der Waals surface area contributed by atoms with Crippen LogP contribution in [0.25, 0.3) is 28.3 Å². The van der Waals surface area contributed by atoms with Gasteiger partial charge in [-0.25, -0.2) is 9.69 Å². The lowest BCUT2D eigenvalue weighted by molar-refractivity contribution is -0.679. The molecule has 1 saturated heterocycles. The van der Waals surface area contributed by atoms with Crippen molar-refractivity contribution in [2.45, 2.75) is 57.9 Å². The van der Waals surface area contributed by atoms with Crippen molar-refractivity contribution in [3.05, 3.63) is 149 Å². The number of halogens is 1. The van der Waals surface area contributed by atoms with E-state index in [9.17, 15) is 45.1 Å². The van der Waals surface area contributed by atoms with E-state index >= 15 is 0 Å². The van der Waals surface area contributed by atoms with Gasteiger partial charge in [0.05, 0.1) is 47.9 Å². The van der Waals surface area contributed by atoms with Crippen molar-refractivity contribution in [1.82, 2.24) is 15.1 Å². The Labute approximate surface area is 474 Å². The lowest BCUT2D eigenvalue weighted by Gasteiger charge is -2.33. The summed E-state index contributed by atoms with van der Waals surface area (Å²) < 4.78 is 98.0. The summed E-state index contributed by atoms with van der Waals surface area (Å²) in [4.78, 5) is 58.6. The predicted octanol–water partition coefficient (Wildman–Crippen LogP) is 8.08. The number of nitrogens with one attached hydrogen (secondary N) is 1. The molecule has 5 amide bonds. The largest absolute Gasteiger partial charge is 0.439 e. The fourth-order valence-electron chi connectivity index (χ4n) is 9.05. The number of unbranched alkanes of at least 4 members (excludes halogenated alkanes) is 1. The van der Waals surface area contributed by atoms with Crippen LogP contribution in [0.1, 0.15) is 52.3 Å². The summed E-state index contributed by atoms with van der Waals surface area (Å²) in [6.45, 7) is 6.83. The van der Waals surface area contributed by atoms with Crippen molar-refractivity contribution in [3.63, 3.8) is 0 Å². The first-order valence-electron chi connectivity index (χ1n) is 26.3. The molecule has 4 heterocycles. The normalized spacial score (nSPS) is 16.4. The highest BCUT2D eigenvalue weighted by Crippen LogP contribution is 2.42. The molecule has 0 radical (unpaired) electrons. The number of rotatable bonds is 26. The predicted molar refractivity (Wildman–Crippen MR) is 302 cm³/mol. The summed E-state index contributed by atoms with van der Waals surface area (Å²) >= 11 is 6.35. The number of carbonyl (C=O) groups is 4. The number of aromatic nitrogens is 1. The molecule has 3 N–H and O–H groups in total. The van der Waals surface area contributed by atoms with Crippen LogP contribution >= 0.6 is 11.6 Å². The molecule has 0 unspecified atom stereocenters. The van der Waals surface area contributed by atoms with E-state index in [1.165, 1.54) is 42.5 Å². The number of oxazole rings is 1. The van der Waals surface area contributed by atoms with Crippen LogP contribution in [-0.2, 0) is 50.6 Å². The van der Waals surface area contributed by atoms with Crippen LogP contribution in [0.15, 0.2) is 148 Å². The van der Waals surface area contributed by atoms with Gasteiger partial charge in [-0.05, 0) is 97.5 Å². The van der Waals surface area contributed by atoms with Crippen molar-refractivity contribution in [3.8, 4) is 22.6 Å². The molecular formula is C57H62ClN6O15S2+. The van der Waals surface area contributed by atoms with Crippen molar-refractivity contribution in [2.24, 2.45) is 0 Å². The number of nitrogens with zero attached hydrogens (tertiary/aromatic N) is 5. The topological polar surface area (TPSA) is 256 Å². The molecule has 8 rings (SSSR count). The number of hydrogen-bond acceptors (Lipinski definition) is 15. The second kappa shape index (κ2) is 26.8. The quantitative estimate of drug-likeness (QED) is 0.0155. The average Bonchev–Trinajstić information content (AvgIpc) is 4.10. The Hall–Kier alpha value is -7.64. The van der Waals surface area contributed by atoms with Crippen LogP contribution in [0.2, 0.25) is 5.02 Å². The first kappa shape index (κ1) is 59.5. The highest BCUT2D eigenvalue weighted by Gasteiger charge is 2.42. The Morgan fingerprint density at radius 2 is 1.43 bits per heavy atom. The molecule has 4 aromatic carbocycles. The van der Waals surface area contributed by atoms with Gasteiger partial charge in [-0.1, -0.05) is 80.4 Å². The zero-order valence-electron chi connectivity index (χ0n) is 44.8. The molecule has 5 aromatic rings. The molecule has 428 valence electrons. The average molecular weight is 1170 g/mol. The van der Waals surface area contributed by atoms with E-state index < -0.39 is 56.3 Å². The maximum Gasteiger partial charge on any atom is 0.374 e. The minimum Gasteiger partial charge on any atom is -0.439 e. The van der Waals surface area contributed by atoms with Crippen molar-refractivity contribution in [2.75, 3.05) is 74.7 Å². The molecular weight excluding hydrogens is 1110 g/mol. The summed E-state index contributed by atoms with van der Waals surface area (Å²) in [5, 5.41) is 3.14. The Kier molecular flexibility index (Phi) is 19.6. The molecule has 21 nitrogen and oxygen atoms in total. The van der Waals surface area contributed by atoms with Crippen LogP contribution in [-0.4, -0.2) is 124 Å². The Balaban J connectivity index is 0.866. The van der Waals surface area contributed by atoms with Crippen LogP contribution in [0.5, 0.6) is 11.5 Å². The third-order valence-corrected chi connectivity index (χ3v) is 15.0. The minimum absolute atomic E-state index is 0.0292. The number of benzene rings is 4. The Morgan fingerprint density at radius 1 is 0.741 bits per heavy atom. The summed E-state index contributed by atoms with van der Waals surface area (Å²) in [5.74, 6) is -0.629. The fraction of sp³-hybridized carbons (Fsp3) is 0.316. The zero-order valence-corrected chi connectivity index (χ0v) is 47.2. The Morgan fingerprint density at radius 3 is 2.15 bits per heavy atom. The standard InChI is InChI=1S/C57H61ClN6O15S2/c1-4-7-25-63-55(66)44(16-11-12-17-52-60(6-3)47-37-43(81(72,73)74)20-23-50(47)77-52)56(67)64(57(63)68)38-51(65)59-24-28-75-30-31-76-29-27-62-45-35-41(40-14-9-8-10-15-40)18-21-48(45)78-54(62)34-39(5-2)33-53-61(26-13-32-80(69,70)71)46-36-42(58)19-22-49(46)79-53/h8-12,14-23,33-37H,4-7,13,24-32,38H2,1-3H3,(H2-,59,65,69,70,71,72,73,74)/p+1. The van der Waals surface area contributed by atoms with E-state index in [1.54, 1.807) is 23.1 Å². The maximum atomic E-state index is 13.7. The number of barbiturate groups is 1. The van der Waals surface area contributed by atoms with Crippen molar-refractivity contribution < 1.29 is 73.1 Å². The van der Waals surface area contributed by atoms with Gasteiger partial charge in [-0.2, -0.15) is 21.4 Å². The summed E-state index contributed by atoms with van der Waals surface area (Å²) in [6, 6.07) is 24.1. The molecule has 3 aliphatic rings. The number of allylic oxidation sites excluding steroid dienone is 6. The first-order chi connectivity index (χ1) is 38.9. The number of hydrogen-bond donors (Lipinski definition) is 3. The van der Waals surface area contributed by atoms with E-state index in [0.29, 0.717) is 83.5 Å². The zero-order chi connectivity index (χ0) is 57.8. The molecule has 3 aliphatic heterocycles. The van der Waals surface area contributed by atoms with Gasteiger partial charge >= 0.3 is 11.9 Å². The summed E-state index contributed by atoms with van der Waals surface area (Å²) in [5.41, 5.74) is 5.06. The number of carbonyl (C=O) groups excluding carboxylic acids is 4. The second-order valence-electron chi connectivity index (χ2n) is 18.7. The van der Waals surface area contributed by atoms with Crippen LogP contribution < -0.4 is 29.2 Å². The van der Waals surface area contributed by atoms with E-state index in [-0.39, 0.29) is 63.0 Å². The Bertz CT molecular complexity index is 3580. The van der Waals surface area contributed by atoms with Gasteiger partial charge in [0.25, 0.3) is 37.6 Å². The van der Waals surface area contributed by atoms with Gasteiger partial charge in [0.1, 0.15) is 18.7 Å². The lowest BCUT2D eigenvalue weighted by Crippen LogP contribution is -2.58. The molecule has 0 atom stereocenters. The minimum atomic E-state index is -4.46. The second-order valence-corrected chi connectivity index (χ2v) is 22.1. The smallest absolute Gasteiger partial charge is 0.374 e. The first-order valence-corrected chi connectivity index (χ1v) is 29.7. The number of anilines is 2. The third-order valence-electron chi connectivity index (χ3n) is 13.1. The molecule has 24 heteroatoms. The van der Waals surface area contributed by atoms with Crippen molar-refractivity contribution >= 4 is 84.1 Å². The van der Waals surface area contributed by atoms with E-state index in [2.05, 4.69) is 11.4 Å². The number of amides is 5. The van der Waals surface area contributed by atoms with Crippen molar-refractivity contribution in [1.29, 1.82) is 0 Å². The van der Waals surface area contributed by atoms with Crippen LogP contribution in [0, 0.1) is 0 Å². The van der Waals surface area contributed by atoms with Crippen LogP contribution in [0.4, 0.5) is 16.2 Å². The molecule has 1 aromatic heterocycles. The fourth-order valence-corrected chi connectivity index (χ4v) is 10.2. The van der Waals surface area contributed by atoms with Gasteiger partial charge in [0, 0.05) is 43.3 Å². The van der Waals surface area contributed by atoms with E-state index in [0.717, 1.165) is 32.0 Å². The summed E-state index contributed by atoms with van der Waals surface area (Å²) in [6.07, 6.45) is 11.3. The molecule has 0 bridgehead atoms. The number of urea groups is 1.